The fraction of sp³-hybridized carbons (Fsp3) is 0.769. The van der Waals surface area contributed by atoms with E-state index in [0.717, 1.165) is 37.1 Å². The topological polar surface area (TPSA) is 29.1 Å². The third-order valence-corrected chi connectivity index (χ3v) is 3.62. The molecule has 0 aliphatic carbocycles. The predicted molar refractivity (Wildman–Crippen MR) is 69.2 cm³/mol. The summed E-state index contributed by atoms with van der Waals surface area (Å²) in [5, 5.41) is 2.83. The molecule has 0 bridgehead atoms. The van der Waals surface area contributed by atoms with E-state index in [4.69, 9.17) is 0 Å². The van der Waals surface area contributed by atoms with Gasteiger partial charge in [0.2, 0.25) is 5.91 Å². The molecule has 94 valence electrons. The number of carbonyl (C=O) groups is 1. The molecule has 0 unspecified atom stereocenters. The van der Waals surface area contributed by atoms with E-state index in [-0.39, 0.29) is 5.91 Å². The van der Waals surface area contributed by atoms with Gasteiger partial charge in [0.15, 0.2) is 0 Å². The Kier molecular flexibility index (Phi) is 7.06. The Labute approximate surface area is 100 Å². The second kappa shape index (κ2) is 7.44. The summed E-state index contributed by atoms with van der Waals surface area (Å²) in [5.74, 6) is -0.0735. The summed E-state index contributed by atoms with van der Waals surface area (Å²) in [7, 11) is 0. The zero-order valence-electron chi connectivity index (χ0n) is 11.3. The van der Waals surface area contributed by atoms with Gasteiger partial charge in [-0.1, -0.05) is 6.58 Å². The first-order valence-electron chi connectivity index (χ1n) is 6.28. The van der Waals surface area contributed by atoms with Crippen molar-refractivity contribution in [2.24, 2.45) is 0 Å². The van der Waals surface area contributed by atoms with Crippen LogP contribution >= 0.6 is 0 Å². The summed E-state index contributed by atoms with van der Waals surface area (Å²) < 4.78 is 1.13. The molecule has 0 radical (unpaired) electrons. The summed E-state index contributed by atoms with van der Waals surface area (Å²) >= 11 is 0. The van der Waals surface area contributed by atoms with Gasteiger partial charge in [-0.25, -0.2) is 0 Å². The maximum absolute atomic E-state index is 11.0. The van der Waals surface area contributed by atoms with Gasteiger partial charge in [-0.2, -0.15) is 0 Å². The van der Waals surface area contributed by atoms with Crippen LogP contribution < -0.4 is 5.32 Å². The van der Waals surface area contributed by atoms with E-state index in [9.17, 15) is 4.79 Å². The largest absolute Gasteiger partial charge is 0.352 e. The molecule has 0 heterocycles. The minimum Gasteiger partial charge on any atom is -0.352 e. The molecule has 16 heavy (non-hydrogen) atoms. The summed E-state index contributed by atoms with van der Waals surface area (Å²) in [6.45, 7) is 16.7. The van der Waals surface area contributed by atoms with Crippen LogP contribution in [0.3, 0.4) is 0 Å². The van der Waals surface area contributed by atoms with E-state index in [1.807, 2.05) is 0 Å². The van der Waals surface area contributed by atoms with E-state index in [1.165, 1.54) is 6.08 Å². The van der Waals surface area contributed by atoms with Crippen LogP contribution in [0.5, 0.6) is 0 Å². The Bertz CT molecular complexity index is 220. The van der Waals surface area contributed by atoms with Gasteiger partial charge in [0, 0.05) is 13.0 Å². The molecule has 0 spiro atoms. The van der Waals surface area contributed by atoms with Gasteiger partial charge in [-0.3, -0.25) is 4.79 Å². The van der Waals surface area contributed by atoms with Crippen molar-refractivity contribution in [3.63, 3.8) is 0 Å². The standard InChI is InChI=1S/C13H26N2O/c1-6-13(16)14-10-9-11-15(7-2,8-3)12(4)5/h6,12H,1,7-11H2,2-5H3/p+1. The molecule has 0 atom stereocenters. The van der Waals surface area contributed by atoms with Gasteiger partial charge in [-0.15, -0.1) is 0 Å². The minimum absolute atomic E-state index is 0.0735. The highest BCUT2D eigenvalue weighted by molar-refractivity contribution is 5.86. The van der Waals surface area contributed by atoms with Gasteiger partial charge < -0.3 is 9.80 Å². The number of hydrogen-bond donors (Lipinski definition) is 1. The molecule has 0 aromatic heterocycles. The van der Waals surface area contributed by atoms with Gasteiger partial charge in [-0.05, 0) is 33.8 Å². The predicted octanol–water partition coefficient (Wildman–Crippen LogP) is 1.94. The van der Waals surface area contributed by atoms with Gasteiger partial charge >= 0.3 is 0 Å². The Morgan fingerprint density at radius 3 is 2.31 bits per heavy atom. The minimum atomic E-state index is -0.0735. The van der Waals surface area contributed by atoms with Crippen LogP contribution in [-0.2, 0) is 4.79 Å². The van der Waals surface area contributed by atoms with E-state index in [1.54, 1.807) is 0 Å². The molecule has 0 aliphatic heterocycles. The zero-order chi connectivity index (χ0) is 12.6. The molecular weight excluding hydrogens is 200 g/mol. The highest BCUT2D eigenvalue weighted by Crippen LogP contribution is 2.13. The average Bonchev–Trinajstić information content (AvgIpc) is 2.29. The fourth-order valence-electron chi connectivity index (χ4n) is 2.21. The highest BCUT2D eigenvalue weighted by Gasteiger charge is 2.26. The molecule has 3 heteroatoms. The number of nitrogens with zero attached hydrogens (tertiary/aromatic N) is 1. The first-order chi connectivity index (χ1) is 7.52. The monoisotopic (exact) mass is 227 g/mol. The molecule has 3 nitrogen and oxygen atoms in total. The number of amides is 1. The summed E-state index contributed by atoms with van der Waals surface area (Å²) in [4.78, 5) is 11.0. The van der Waals surface area contributed by atoms with E-state index >= 15 is 0 Å². The van der Waals surface area contributed by atoms with Crippen LogP contribution in [0.1, 0.15) is 34.1 Å². The quantitative estimate of drug-likeness (QED) is 0.383. The van der Waals surface area contributed by atoms with Crippen LogP contribution in [0.15, 0.2) is 12.7 Å². The van der Waals surface area contributed by atoms with Crippen LogP contribution in [0.4, 0.5) is 0 Å². The Hall–Kier alpha value is -0.830. The third kappa shape index (κ3) is 4.35. The first-order valence-corrected chi connectivity index (χ1v) is 6.28. The average molecular weight is 227 g/mol. The zero-order valence-corrected chi connectivity index (χ0v) is 11.3. The smallest absolute Gasteiger partial charge is 0.243 e. The summed E-state index contributed by atoms with van der Waals surface area (Å²) in [6.07, 6.45) is 2.35. The van der Waals surface area contributed by atoms with Gasteiger partial charge in [0.05, 0.1) is 25.7 Å². The maximum Gasteiger partial charge on any atom is 0.243 e. The first kappa shape index (κ1) is 15.2. The number of carbonyl (C=O) groups excluding carboxylic acids is 1. The molecule has 0 aromatic carbocycles. The van der Waals surface area contributed by atoms with E-state index in [0.29, 0.717) is 6.04 Å². The van der Waals surface area contributed by atoms with Crippen molar-refractivity contribution in [1.29, 1.82) is 0 Å². The van der Waals surface area contributed by atoms with E-state index in [2.05, 4.69) is 39.6 Å². The molecule has 1 amide bonds. The molecule has 1 N–H and O–H groups in total. The molecule has 0 aliphatic rings. The molecule has 0 saturated carbocycles. The highest BCUT2D eigenvalue weighted by atomic mass is 16.1. The molecular formula is C13H27N2O+. The normalized spacial score (nSPS) is 11.6. The van der Waals surface area contributed by atoms with Gasteiger partial charge in [0.1, 0.15) is 0 Å². The number of rotatable bonds is 8. The van der Waals surface area contributed by atoms with Crippen molar-refractivity contribution in [2.45, 2.75) is 40.2 Å². The van der Waals surface area contributed by atoms with Crippen molar-refractivity contribution < 1.29 is 9.28 Å². The summed E-state index contributed by atoms with van der Waals surface area (Å²) in [6, 6.07) is 0.644. The molecule has 0 aromatic rings. The van der Waals surface area contributed by atoms with Gasteiger partial charge in [0.25, 0.3) is 0 Å². The Morgan fingerprint density at radius 2 is 1.94 bits per heavy atom. The lowest BCUT2D eigenvalue weighted by Gasteiger charge is -2.41. The third-order valence-electron chi connectivity index (χ3n) is 3.62. The second-order valence-electron chi connectivity index (χ2n) is 4.52. The van der Waals surface area contributed by atoms with Crippen LogP contribution in [0, 0.1) is 0 Å². The lowest BCUT2D eigenvalue weighted by Crippen LogP contribution is -2.53. The Morgan fingerprint density at radius 1 is 1.38 bits per heavy atom. The number of nitrogens with one attached hydrogen (secondary N) is 1. The van der Waals surface area contributed by atoms with Crippen LogP contribution in [0.25, 0.3) is 0 Å². The summed E-state index contributed by atoms with van der Waals surface area (Å²) in [5.41, 5.74) is 0. The fourth-order valence-corrected chi connectivity index (χ4v) is 2.21. The maximum atomic E-state index is 11.0. The number of hydrogen-bond acceptors (Lipinski definition) is 1. The van der Waals surface area contributed by atoms with Crippen molar-refractivity contribution in [3.05, 3.63) is 12.7 Å². The second-order valence-corrected chi connectivity index (χ2v) is 4.52. The van der Waals surface area contributed by atoms with Crippen molar-refractivity contribution >= 4 is 5.91 Å². The van der Waals surface area contributed by atoms with Crippen molar-refractivity contribution in [1.82, 2.24) is 5.32 Å². The molecule has 0 saturated heterocycles. The Balaban J connectivity index is 4.03. The van der Waals surface area contributed by atoms with Crippen molar-refractivity contribution in [3.8, 4) is 0 Å². The van der Waals surface area contributed by atoms with Crippen LogP contribution in [0.2, 0.25) is 0 Å². The van der Waals surface area contributed by atoms with Crippen LogP contribution in [-0.4, -0.2) is 42.6 Å². The SMILES string of the molecule is C=CC(=O)NCCC[N+](CC)(CC)C(C)C. The molecule has 0 fully saturated rings. The number of quaternary nitrogens is 1. The lowest BCUT2D eigenvalue weighted by molar-refractivity contribution is -0.944. The molecule has 0 rings (SSSR count). The van der Waals surface area contributed by atoms with Crippen molar-refractivity contribution in [2.75, 3.05) is 26.2 Å². The van der Waals surface area contributed by atoms with E-state index < -0.39 is 0 Å². The lowest BCUT2D eigenvalue weighted by atomic mass is 10.2.